The molecule has 0 aromatic heterocycles. The van der Waals surface area contributed by atoms with Gasteiger partial charge in [-0.2, -0.15) is 4.90 Å². The molecule has 0 unspecified atom stereocenters. The lowest BCUT2D eigenvalue weighted by molar-refractivity contribution is 0.0697. The third kappa shape index (κ3) is 1.83. The normalized spacial score (nSPS) is 10.9. The van der Waals surface area contributed by atoms with Crippen molar-refractivity contribution < 1.29 is 15.0 Å². The van der Waals surface area contributed by atoms with Crippen LogP contribution in [0.15, 0.2) is 36.4 Å². The summed E-state index contributed by atoms with van der Waals surface area (Å²) in [5, 5.41) is 41.8. The van der Waals surface area contributed by atoms with E-state index in [2.05, 4.69) is 4.98 Å². The number of hydrogen-bond acceptors (Lipinski definition) is 4. The highest BCUT2D eigenvalue weighted by atomic mass is 16.8. The lowest BCUT2D eigenvalue weighted by atomic mass is 9.99. The summed E-state index contributed by atoms with van der Waals surface area (Å²) in [6.45, 7) is 0. The van der Waals surface area contributed by atoms with E-state index >= 15 is 0 Å². The van der Waals surface area contributed by atoms with Crippen molar-refractivity contribution in [3.05, 3.63) is 57.7 Å². The lowest BCUT2D eigenvalue weighted by Crippen LogP contribution is -2.23. The maximum Gasteiger partial charge on any atom is 0.337 e. The highest BCUT2D eigenvalue weighted by Gasteiger charge is 2.23. The van der Waals surface area contributed by atoms with Crippen molar-refractivity contribution in [1.82, 2.24) is 9.89 Å². The number of nitrogens with one attached hydrogen (secondary N) is 1. The molecule has 2 aliphatic rings. The van der Waals surface area contributed by atoms with Crippen molar-refractivity contribution in [2.24, 2.45) is 0 Å². The van der Waals surface area contributed by atoms with Crippen molar-refractivity contribution in [2.45, 2.75) is 0 Å². The Labute approximate surface area is 117 Å². The van der Waals surface area contributed by atoms with Gasteiger partial charge in [-0.15, -0.1) is 0 Å². The topological polar surface area (TPSA) is 122 Å². The number of rotatable bonds is 1. The molecule has 0 atom stereocenters. The number of carboxylic acid groups (broad SMARTS) is 1. The second-order valence-corrected chi connectivity index (χ2v) is 4.46. The molecule has 3 rings (SSSR count). The number of benzene rings is 2. The Bertz CT molecular complexity index is 909. The van der Waals surface area contributed by atoms with Gasteiger partial charge in [-0.05, 0) is 18.2 Å². The summed E-state index contributed by atoms with van der Waals surface area (Å²) < 4.78 is 0. The van der Waals surface area contributed by atoms with Gasteiger partial charge in [0.15, 0.2) is 0 Å². The highest BCUT2D eigenvalue weighted by molar-refractivity contribution is 6.01. The molecule has 7 nitrogen and oxygen atoms in total. The summed E-state index contributed by atoms with van der Waals surface area (Å²) in [4.78, 5) is 13.5. The molecule has 0 spiro atoms. The second kappa shape index (κ2) is 4.41. The molecule has 0 amide bonds. The Morgan fingerprint density at radius 3 is 2.52 bits per heavy atom. The van der Waals surface area contributed by atoms with Gasteiger partial charge in [-0.25, -0.2) is 4.79 Å². The third-order valence-corrected chi connectivity index (χ3v) is 3.29. The van der Waals surface area contributed by atoms with Gasteiger partial charge >= 0.3 is 5.97 Å². The van der Waals surface area contributed by atoms with Crippen LogP contribution in [0, 0.1) is 10.4 Å². The van der Waals surface area contributed by atoms with Crippen LogP contribution in [0.4, 0.5) is 0 Å². The first-order chi connectivity index (χ1) is 10.0. The summed E-state index contributed by atoms with van der Waals surface area (Å²) >= 11 is 0. The van der Waals surface area contributed by atoms with Crippen LogP contribution in [0.25, 0.3) is 22.2 Å². The van der Waals surface area contributed by atoms with Crippen LogP contribution in [0.2, 0.25) is 0 Å². The fourth-order valence-electron chi connectivity index (χ4n) is 2.36. The molecular formula is C14H9N2O5-. The van der Waals surface area contributed by atoms with Crippen LogP contribution in [0.1, 0.15) is 10.4 Å². The quantitative estimate of drug-likeness (QED) is 0.461. The molecule has 106 valence electrons. The third-order valence-electron chi connectivity index (χ3n) is 3.29. The number of fused-ring (bicyclic) bond motifs is 2. The first-order valence-corrected chi connectivity index (χ1v) is 5.98. The summed E-state index contributed by atoms with van der Waals surface area (Å²) in [5.74, 6) is -1.55. The maximum absolute atomic E-state index is 11.3. The van der Waals surface area contributed by atoms with Gasteiger partial charge in [-0.1, -0.05) is 12.1 Å². The molecule has 0 radical (unpaired) electrons. The molecule has 0 saturated heterocycles. The number of nitrogens with zero attached hydrogens (tertiary/aromatic N) is 1. The number of hydrogen-bond donors (Lipinski definition) is 3. The Morgan fingerprint density at radius 2 is 1.86 bits per heavy atom. The van der Waals surface area contributed by atoms with Crippen LogP contribution < -0.4 is 10.3 Å². The van der Waals surface area contributed by atoms with Crippen LogP contribution in [0.5, 0.6) is 5.75 Å². The van der Waals surface area contributed by atoms with Gasteiger partial charge in [0.25, 0.3) is 0 Å². The number of aromatic carboxylic acids is 1. The number of carbonyl (C=O) groups is 1. The molecule has 1 aliphatic heterocycles. The van der Waals surface area contributed by atoms with Gasteiger partial charge in [0, 0.05) is 17.0 Å². The van der Waals surface area contributed by atoms with E-state index in [1.807, 2.05) is 0 Å². The van der Waals surface area contributed by atoms with E-state index in [0.29, 0.717) is 10.9 Å². The zero-order chi connectivity index (χ0) is 15.1. The second-order valence-electron chi connectivity index (χ2n) is 4.46. The Kier molecular flexibility index (Phi) is 2.69. The average molecular weight is 285 g/mol. The zero-order valence-electron chi connectivity index (χ0n) is 10.5. The van der Waals surface area contributed by atoms with Crippen LogP contribution in [-0.4, -0.2) is 21.2 Å². The SMILES string of the molecule is O=C(O)c1ccc(=[N+]([O-])[O-])c2c(O)c3ccccc3[nH]c1-2. The number of pyridine rings is 1. The molecule has 3 N–H and O–H groups in total. The van der Waals surface area contributed by atoms with Crippen molar-refractivity contribution in [3.8, 4) is 17.0 Å². The van der Waals surface area contributed by atoms with E-state index in [1.54, 1.807) is 24.3 Å². The average Bonchev–Trinajstić information content (AvgIpc) is 2.46. The van der Waals surface area contributed by atoms with Crippen LogP contribution >= 0.6 is 0 Å². The number of aromatic hydroxyl groups is 1. The predicted molar refractivity (Wildman–Crippen MR) is 75.5 cm³/mol. The number of para-hydroxylation sites is 1. The van der Waals surface area contributed by atoms with Gasteiger partial charge < -0.3 is 25.6 Å². The summed E-state index contributed by atoms with van der Waals surface area (Å²) in [6.07, 6.45) is 0. The van der Waals surface area contributed by atoms with E-state index < -0.39 is 10.9 Å². The summed E-state index contributed by atoms with van der Waals surface area (Å²) in [5.41, 5.74) is 0.258. The van der Waals surface area contributed by atoms with Gasteiger partial charge in [0.05, 0.1) is 11.3 Å². The minimum atomic E-state index is -1.24. The fourth-order valence-corrected chi connectivity index (χ4v) is 2.36. The van der Waals surface area contributed by atoms with Gasteiger partial charge in [0.2, 0.25) is 5.36 Å². The van der Waals surface area contributed by atoms with Crippen molar-refractivity contribution >= 4 is 16.9 Å². The molecule has 0 saturated carbocycles. The van der Waals surface area contributed by atoms with E-state index in [1.165, 1.54) is 0 Å². The number of aromatic nitrogens is 1. The maximum atomic E-state index is 11.3. The van der Waals surface area contributed by atoms with Gasteiger partial charge in [0.1, 0.15) is 11.3 Å². The molecule has 0 bridgehead atoms. The zero-order valence-corrected chi connectivity index (χ0v) is 10.5. The van der Waals surface area contributed by atoms with Crippen molar-refractivity contribution in [3.63, 3.8) is 0 Å². The summed E-state index contributed by atoms with van der Waals surface area (Å²) in [7, 11) is 0. The minimum Gasteiger partial charge on any atom is -0.612 e. The predicted octanol–water partition coefficient (Wildman–Crippen LogP) is 1.44. The van der Waals surface area contributed by atoms with Crippen LogP contribution in [0.3, 0.4) is 0 Å². The fraction of sp³-hybridized carbons (Fsp3) is 0. The van der Waals surface area contributed by atoms with E-state index in [-0.39, 0.29) is 27.9 Å². The van der Waals surface area contributed by atoms with Gasteiger partial charge in [-0.3, -0.25) is 0 Å². The summed E-state index contributed by atoms with van der Waals surface area (Å²) in [6, 6.07) is 8.86. The van der Waals surface area contributed by atoms with E-state index in [9.17, 15) is 25.4 Å². The molecule has 1 heterocycles. The first kappa shape index (κ1) is 12.8. The van der Waals surface area contributed by atoms with E-state index in [0.717, 1.165) is 12.1 Å². The molecule has 1 aliphatic carbocycles. The minimum absolute atomic E-state index is 0.0212. The lowest BCUT2D eigenvalue weighted by Gasteiger charge is -2.15. The molecule has 1 aromatic carbocycles. The van der Waals surface area contributed by atoms with Crippen LogP contribution in [-0.2, 0) is 0 Å². The molecule has 0 fully saturated rings. The molecule has 1 aromatic rings. The molecule has 7 heteroatoms. The number of aromatic amines is 1. The largest absolute Gasteiger partial charge is 0.612 e. The Morgan fingerprint density at radius 1 is 1.14 bits per heavy atom. The molecule has 21 heavy (non-hydrogen) atoms. The molecular weight excluding hydrogens is 276 g/mol. The van der Waals surface area contributed by atoms with E-state index in [4.69, 9.17) is 0 Å². The standard InChI is InChI=1S/C14H9N2O5/c17-13-7-3-1-2-4-9(7)15-12-8(14(18)19)5-6-10(11(12)13)16(20)21/h1-6,15H,(H2-,17,18,19,20,21)/q-1. The Hall–Kier alpha value is -3.22. The Balaban J connectivity index is 2.63. The van der Waals surface area contributed by atoms with Crippen molar-refractivity contribution in [2.75, 3.05) is 0 Å². The number of carboxylic acids is 1. The highest BCUT2D eigenvalue weighted by Crippen LogP contribution is 2.35. The van der Waals surface area contributed by atoms with Crippen molar-refractivity contribution in [1.29, 1.82) is 0 Å². The smallest absolute Gasteiger partial charge is 0.337 e. The monoisotopic (exact) mass is 285 g/mol. The first-order valence-electron chi connectivity index (χ1n) is 5.98. The number of H-pyrrole nitrogens is 1.